The van der Waals surface area contributed by atoms with Gasteiger partial charge in [-0.15, -0.1) is 0 Å². The van der Waals surface area contributed by atoms with Gasteiger partial charge in [0.25, 0.3) is 0 Å². The van der Waals surface area contributed by atoms with Crippen molar-refractivity contribution in [3.05, 3.63) is 35.6 Å². The monoisotopic (exact) mass is 350 g/mol. The first kappa shape index (κ1) is 17.6. The number of nitrogens with one attached hydrogen (secondary N) is 2. The lowest BCUT2D eigenvalue weighted by Crippen LogP contribution is -2.54. The number of ether oxygens (including phenoxy) is 1. The first-order valence-corrected chi connectivity index (χ1v) is 8.55. The third kappa shape index (κ3) is 4.08. The second kappa shape index (κ2) is 7.79. The molecule has 2 aliphatic heterocycles. The molecular weight excluding hydrogens is 327 g/mol. The van der Waals surface area contributed by atoms with Gasteiger partial charge >= 0.3 is 6.09 Å². The highest BCUT2D eigenvalue weighted by molar-refractivity contribution is 5.82. The SMILES string of the molecule is CCOC(=O)N1CCN(C(=O)C2CC(c3ccc(F)cc3)NN2)CC1. The number of amides is 2. The molecule has 2 heterocycles. The van der Waals surface area contributed by atoms with Crippen LogP contribution in [0.2, 0.25) is 0 Å². The zero-order valence-electron chi connectivity index (χ0n) is 14.2. The Kier molecular flexibility index (Phi) is 5.50. The minimum absolute atomic E-state index is 0.0145. The van der Waals surface area contributed by atoms with E-state index in [2.05, 4.69) is 10.9 Å². The number of benzene rings is 1. The Morgan fingerprint density at radius 2 is 1.76 bits per heavy atom. The molecule has 2 saturated heterocycles. The predicted molar refractivity (Wildman–Crippen MR) is 89.0 cm³/mol. The van der Waals surface area contributed by atoms with E-state index in [0.717, 1.165) is 5.56 Å². The lowest BCUT2D eigenvalue weighted by molar-refractivity contribution is -0.134. The maximum Gasteiger partial charge on any atom is 0.409 e. The molecule has 0 spiro atoms. The van der Waals surface area contributed by atoms with Crippen LogP contribution in [-0.2, 0) is 9.53 Å². The molecule has 0 bridgehead atoms. The lowest BCUT2D eigenvalue weighted by Gasteiger charge is -2.35. The van der Waals surface area contributed by atoms with Crippen LogP contribution in [0.5, 0.6) is 0 Å². The van der Waals surface area contributed by atoms with E-state index in [9.17, 15) is 14.0 Å². The van der Waals surface area contributed by atoms with Crippen molar-refractivity contribution in [1.29, 1.82) is 0 Å². The number of rotatable bonds is 3. The Bertz CT molecular complexity index is 617. The van der Waals surface area contributed by atoms with Crippen LogP contribution in [0.25, 0.3) is 0 Å². The van der Waals surface area contributed by atoms with E-state index in [1.54, 1.807) is 28.9 Å². The maximum atomic E-state index is 13.0. The molecule has 1 aromatic rings. The molecule has 7 nitrogen and oxygen atoms in total. The van der Waals surface area contributed by atoms with Gasteiger partial charge in [0.15, 0.2) is 0 Å². The number of hydrazine groups is 1. The molecule has 25 heavy (non-hydrogen) atoms. The molecule has 8 heteroatoms. The summed E-state index contributed by atoms with van der Waals surface area (Å²) >= 11 is 0. The van der Waals surface area contributed by atoms with Crippen LogP contribution in [0, 0.1) is 5.82 Å². The number of piperazine rings is 1. The normalized spacial score (nSPS) is 23.6. The fraction of sp³-hybridized carbons (Fsp3) is 0.529. The predicted octanol–water partition coefficient (Wildman–Crippen LogP) is 1.03. The van der Waals surface area contributed by atoms with Gasteiger partial charge in [0.1, 0.15) is 11.9 Å². The van der Waals surface area contributed by atoms with Gasteiger partial charge in [0.05, 0.1) is 6.61 Å². The van der Waals surface area contributed by atoms with Crippen LogP contribution < -0.4 is 10.9 Å². The highest BCUT2D eigenvalue weighted by atomic mass is 19.1. The first-order chi connectivity index (χ1) is 12.1. The Labute approximate surface area is 146 Å². The van der Waals surface area contributed by atoms with Gasteiger partial charge in [-0.25, -0.2) is 20.0 Å². The summed E-state index contributed by atoms with van der Waals surface area (Å²) in [5.74, 6) is -0.262. The summed E-state index contributed by atoms with van der Waals surface area (Å²) in [4.78, 5) is 27.8. The molecule has 0 aliphatic carbocycles. The van der Waals surface area contributed by atoms with E-state index in [1.165, 1.54) is 12.1 Å². The highest BCUT2D eigenvalue weighted by Gasteiger charge is 2.34. The summed E-state index contributed by atoms with van der Waals surface area (Å²) in [6.45, 7) is 4.07. The van der Waals surface area contributed by atoms with Gasteiger partial charge in [0, 0.05) is 32.2 Å². The summed E-state index contributed by atoms with van der Waals surface area (Å²) in [6.07, 6.45) is 0.273. The minimum Gasteiger partial charge on any atom is -0.450 e. The summed E-state index contributed by atoms with van der Waals surface area (Å²) in [5, 5.41) is 0. The molecule has 0 saturated carbocycles. The Hall–Kier alpha value is -2.19. The summed E-state index contributed by atoms with van der Waals surface area (Å²) < 4.78 is 18.0. The summed E-state index contributed by atoms with van der Waals surface area (Å²) in [6, 6.07) is 5.92. The average molecular weight is 350 g/mol. The van der Waals surface area contributed by atoms with E-state index in [0.29, 0.717) is 39.2 Å². The van der Waals surface area contributed by atoms with E-state index in [-0.39, 0.29) is 29.9 Å². The van der Waals surface area contributed by atoms with Crippen LogP contribution in [0.4, 0.5) is 9.18 Å². The van der Waals surface area contributed by atoms with Crippen molar-refractivity contribution in [2.24, 2.45) is 0 Å². The molecular formula is C17H23FN4O3. The van der Waals surface area contributed by atoms with Gasteiger partial charge in [-0.2, -0.15) is 0 Å². The molecule has 2 fully saturated rings. The van der Waals surface area contributed by atoms with Crippen molar-refractivity contribution >= 4 is 12.0 Å². The third-order valence-electron chi connectivity index (χ3n) is 4.59. The second-order valence-electron chi connectivity index (χ2n) is 6.19. The van der Waals surface area contributed by atoms with Crippen molar-refractivity contribution in [3.63, 3.8) is 0 Å². The maximum absolute atomic E-state index is 13.0. The fourth-order valence-electron chi connectivity index (χ4n) is 3.18. The zero-order chi connectivity index (χ0) is 17.8. The van der Waals surface area contributed by atoms with Gasteiger partial charge in [0.2, 0.25) is 5.91 Å². The molecule has 2 aliphatic rings. The van der Waals surface area contributed by atoms with Crippen molar-refractivity contribution < 1.29 is 18.7 Å². The molecule has 2 amide bonds. The molecule has 2 atom stereocenters. The Balaban J connectivity index is 1.51. The van der Waals surface area contributed by atoms with E-state index < -0.39 is 0 Å². The molecule has 0 aromatic heterocycles. The van der Waals surface area contributed by atoms with Gasteiger partial charge in [-0.3, -0.25) is 4.79 Å². The van der Waals surface area contributed by atoms with Crippen LogP contribution in [-0.4, -0.2) is 60.6 Å². The van der Waals surface area contributed by atoms with Gasteiger partial charge in [-0.1, -0.05) is 12.1 Å². The highest BCUT2D eigenvalue weighted by Crippen LogP contribution is 2.23. The molecule has 136 valence electrons. The molecule has 1 aromatic carbocycles. The summed E-state index contributed by atoms with van der Waals surface area (Å²) in [7, 11) is 0. The van der Waals surface area contributed by atoms with E-state index in [1.807, 2.05) is 0 Å². The number of carbonyl (C=O) groups excluding carboxylic acids is 2. The number of hydrogen-bond donors (Lipinski definition) is 2. The quantitative estimate of drug-likeness (QED) is 0.852. The third-order valence-corrected chi connectivity index (χ3v) is 4.59. The van der Waals surface area contributed by atoms with Gasteiger partial charge in [-0.05, 0) is 31.0 Å². The molecule has 2 unspecified atom stereocenters. The Morgan fingerprint density at radius 1 is 1.12 bits per heavy atom. The first-order valence-electron chi connectivity index (χ1n) is 8.55. The molecule has 2 N–H and O–H groups in total. The average Bonchev–Trinajstić information content (AvgIpc) is 3.12. The number of halogens is 1. The topological polar surface area (TPSA) is 73.9 Å². The van der Waals surface area contributed by atoms with Crippen LogP contribution in [0.3, 0.4) is 0 Å². The summed E-state index contributed by atoms with van der Waals surface area (Å²) in [5.41, 5.74) is 7.07. The van der Waals surface area contributed by atoms with Crippen molar-refractivity contribution in [3.8, 4) is 0 Å². The zero-order valence-corrected chi connectivity index (χ0v) is 14.2. The van der Waals surface area contributed by atoms with E-state index in [4.69, 9.17) is 4.74 Å². The minimum atomic E-state index is -0.329. The van der Waals surface area contributed by atoms with Crippen molar-refractivity contribution in [1.82, 2.24) is 20.7 Å². The van der Waals surface area contributed by atoms with Crippen molar-refractivity contribution in [2.45, 2.75) is 25.4 Å². The van der Waals surface area contributed by atoms with Crippen LogP contribution >= 0.6 is 0 Å². The second-order valence-corrected chi connectivity index (χ2v) is 6.19. The molecule has 3 rings (SSSR count). The smallest absolute Gasteiger partial charge is 0.409 e. The lowest BCUT2D eigenvalue weighted by atomic mass is 10.0. The van der Waals surface area contributed by atoms with Crippen LogP contribution in [0.1, 0.15) is 24.9 Å². The van der Waals surface area contributed by atoms with Crippen molar-refractivity contribution in [2.75, 3.05) is 32.8 Å². The standard InChI is InChI=1S/C17H23FN4O3/c1-2-25-17(24)22-9-7-21(8-10-22)16(23)15-11-14(19-20-15)12-3-5-13(18)6-4-12/h3-6,14-15,19-20H,2,7-11H2,1H3. The van der Waals surface area contributed by atoms with E-state index >= 15 is 0 Å². The number of carbonyl (C=O) groups is 2. The fourth-order valence-corrected chi connectivity index (χ4v) is 3.18. The Morgan fingerprint density at radius 3 is 2.40 bits per heavy atom. The van der Waals surface area contributed by atoms with Gasteiger partial charge < -0.3 is 14.5 Å². The number of hydrogen-bond acceptors (Lipinski definition) is 5. The number of nitrogens with zero attached hydrogens (tertiary/aromatic N) is 2. The molecule has 0 radical (unpaired) electrons. The largest absolute Gasteiger partial charge is 0.450 e. The van der Waals surface area contributed by atoms with Crippen LogP contribution in [0.15, 0.2) is 24.3 Å².